The Morgan fingerprint density at radius 2 is 2.04 bits per heavy atom. The smallest absolute Gasteiger partial charge is 0.341 e. The lowest BCUT2D eigenvalue weighted by Gasteiger charge is -2.13. The van der Waals surface area contributed by atoms with Crippen molar-refractivity contribution in [2.45, 2.75) is 6.92 Å². The highest BCUT2D eigenvalue weighted by Gasteiger charge is 2.23. The molecule has 0 bridgehead atoms. The molecule has 1 aliphatic rings. The Morgan fingerprint density at radius 3 is 2.77 bits per heavy atom. The number of ether oxygens (including phenoxy) is 2. The number of anilines is 1. The summed E-state index contributed by atoms with van der Waals surface area (Å²) in [7, 11) is 0. The van der Waals surface area contributed by atoms with Gasteiger partial charge in [-0.2, -0.15) is 0 Å². The Labute approximate surface area is 158 Å². The van der Waals surface area contributed by atoms with Gasteiger partial charge >= 0.3 is 5.97 Å². The number of carbonyl (C=O) groups is 2. The number of nitrogens with one attached hydrogen (secondary N) is 1. The maximum absolute atomic E-state index is 12.3. The number of hydrogen-bond donors (Lipinski definition) is 2. The summed E-state index contributed by atoms with van der Waals surface area (Å²) >= 11 is 3.39. The molecule has 1 amide bonds. The van der Waals surface area contributed by atoms with Gasteiger partial charge in [0.05, 0.1) is 11.1 Å². The summed E-state index contributed by atoms with van der Waals surface area (Å²) in [5.74, 6) is -0.536. The van der Waals surface area contributed by atoms with Crippen molar-refractivity contribution in [2.24, 2.45) is 0 Å². The van der Waals surface area contributed by atoms with E-state index in [-0.39, 0.29) is 5.91 Å². The molecule has 0 aliphatic carbocycles. The third-order valence-electron chi connectivity index (χ3n) is 3.69. The standard InChI is InChI=1S/C19H16BrNO5/c1-2-25-16-9-11(8-14(20)18(16)26-10-17(22)23)7-13-12-5-3-4-6-15(12)21-19(13)24/h3-9H,2,10H2,1H3,(H,21,24)(H,22,23)/b13-7-. The van der Waals surface area contributed by atoms with E-state index < -0.39 is 12.6 Å². The molecule has 0 unspecified atom stereocenters. The first-order valence-electron chi connectivity index (χ1n) is 7.93. The first-order chi connectivity index (χ1) is 12.5. The predicted molar refractivity (Wildman–Crippen MR) is 101 cm³/mol. The van der Waals surface area contributed by atoms with Gasteiger partial charge < -0.3 is 19.9 Å². The molecular formula is C19H16BrNO5. The summed E-state index contributed by atoms with van der Waals surface area (Å²) < 4.78 is 11.4. The predicted octanol–water partition coefficient (Wildman–Crippen LogP) is 3.80. The minimum atomic E-state index is -1.08. The van der Waals surface area contributed by atoms with Gasteiger partial charge in [0, 0.05) is 16.8 Å². The fraction of sp³-hybridized carbons (Fsp3) is 0.158. The van der Waals surface area contributed by atoms with Crippen LogP contribution in [0, 0.1) is 0 Å². The van der Waals surface area contributed by atoms with Gasteiger partial charge in [0.2, 0.25) is 0 Å². The van der Waals surface area contributed by atoms with E-state index in [1.54, 1.807) is 18.2 Å². The number of carboxylic acid groups (broad SMARTS) is 1. The van der Waals surface area contributed by atoms with Crippen LogP contribution in [0.2, 0.25) is 0 Å². The molecule has 2 aromatic carbocycles. The number of aliphatic carboxylic acids is 1. The number of para-hydroxylation sites is 1. The lowest BCUT2D eigenvalue weighted by Crippen LogP contribution is -2.11. The molecule has 2 N–H and O–H groups in total. The van der Waals surface area contributed by atoms with Gasteiger partial charge in [-0.1, -0.05) is 18.2 Å². The van der Waals surface area contributed by atoms with Crippen LogP contribution in [0.3, 0.4) is 0 Å². The monoisotopic (exact) mass is 417 g/mol. The Bertz CT molecular complexity index is 907. The van der Waals surface area contributed by atoms with Gasteiger partial charge in [-0.05, 0) is 52.7 Å². The highest BCUT2D eigenvalue weighted by molar-refractivity contribution is 9.10. The third kappa shape index (κ3) is 3.72. The molecule has 0 spiro atoms. The second-order valence-corrected chi connectivity index (χ2v) is 6.36. The van der Waals surface area contributed by atoms with E-state index in [9.17, 15) is 9.59 Å². The number of rotatable bonds is 6. The van der Waals surface area contributed by atoms with E-state index in [2.05, 4.69) is 21.2 Å². The lowest BCUT2D eigenvalue weighted by atomic mass is 10.0. The van der Waals surface area contributed by atoms with Crippen molar-refractivity contribution in [3.8, 4) is 11.5 Å². The van der Waals surface area contributed by atoms with Crippen molar-refractivity contribution < 1.29 is 24.2 Å². The Hall–Kier alpha value is -2.80. The zero-order chi connectivity index (χ0) is 18.7. The number of carbonyl (C=O) groups excluding carboxylic acids is 1. The van der Waals surface area contributed by atoms with E-state index in [1.165, 1.54) is 0 Å². The Morgan fingerprint density at radius 1 is 1.27 bits per heavy atom. The lowest BCUT2D eigenvalue weighted by molar-refractivity contribution is -0.139. The van der Waals surface area contributed by atoms with Crippen molar-refractivity contribution >= 4 is 45.1 Å². The number of benzene rings is 2. The summed E-state index contributed by atoms with van der Waals surface area (Å²) in [5, 5.41) is 11.6. The van der Waals surface area contributed by atoms with Gasteiger partial charge in [-0.25, -0.2) is 4.79 Å². The number of carboxylic acids is 1. The van der Waals surface area contributed by atoms with Crippen LogP contribution in [0.5, 0.6) is 11.5 Å². The molecule has 0 saturated heterocycles. The summed E-state index contributed by atoms with van der Waals surface area (Å²) in [6.07, 6.45) is 1.76. The van der Waals surface area contributed by atoms with E-state index in [4.69, 9.17) is 14.6 Å². The molecule has 0 saturated carbocycles. The van der Waals surface area contributed by atoms with Crippen LogP contribution in [0.25, 0.3) is 11.6 Å². The fourth-order valence-electron chi connectivity index (χ4n) is 2.66. The molecule has 1 heterocycles. The zero-order valence-electron chi connectivity index (χ0n) is 13.9. The minimum Gasteiger partial charge on any atom is -0.490 e. The van der Waals surface area contributed by atoms with Gasteiger partial charge in [0.15, 0.2) is 18.1 Å². The molecule has 3 rings (SSSR count). The molecule has 134 valence electrons. The maximum atomic E-state index is 12.3. The number of hydrogen-bond acceptors (Lipinski definition) is 4. The van der Waals surface area contributed by atoms with Gasteiger partial charge in [-0.3, -0.25) is 4.79 Å². The first-order valence-corrected chi connectivity index (χ1v) is 8.72. The van der Waals surface area contributed by atoms with Gasteiger partial charge in [0.1, 0.15) is 0 Å². The largest absolute Gasteiger partial charge is 0.490 e. The molecule has 6 nitrogen and oxygen atoms in total. The molecule has 2 aromatic rings. The van der Waals surface area contributed by atoms with E-state index in [1.807, 2.05) is 31.2 Å². The van der Waals surface area contributed by atoms with Crippen molar-refractivity contribution in [3.05, 3.63) is 52.0 Å². The normalized spacial score (nSPS) is 14.1. The van der Waals surface area contributed by atoms with Crippen molar-refractivity contribution in [3.63, 3.8) is 0 Å². The number of amides is 1. The molecular weight excluding hydrogens is 402 g/mol. The van der Waals surface area contributed by atoms with E-state index >= 15 is 0 Å². The second kappa shape index (κ2) is 7.61. The SMILES string of the molecule is CCOc1cc(/C=C2\C(=O)Nc3ccccc32)cc(Br)c1OCC(=O)O. The Kier molecular flexibility index (Phi) is 5.27. The van der Waals surface area contributed by atoms with Crippen LogP contribution in [0.4, 0.5) is 5.69 Å². The van der Waals surface area contributed by atoms with E-state index in [0.29, 0.717) is 28.2 Å². The van der Waals surface area contributed by atoms with Crippen molar-refractivity contribution in [2.75, 3.05) is 18.5 Å². The van der Waals surface area contributed by atoms with E-state index in [0.717, 1.165) is 16.8 Å². The molecule has 0 fully saturated rings. The first kappa shape index (κ1) is 18.0. The molecule has 1 aliphatic heterocycles. The second-order valence-electron chi connectivity index (χ2n) is 5.50. The zero-order valence-corrected chi connectivity index (χ0v) is 15.5. The Balaban J connectivity index is 2.01. The van der Waals surface area contributed by atoms with Crippen LogP contribution in [-0.4, -0.2) is 30.2 Å². The maximum Gasteiger partial charge on any atom is 0.341 e. The summed E-state index contributed by atoms with van der Waals surface area (Å²) in [6.45, 7) is 1.73. The average Bonchev–Trinajstić information content (AvgIpc) is 2.90. The summed E-state index contributed by atoms with van der Waals surface area (Å²) in [4.78, 5) is 23.0. The molecule has 0 radical (unpaired) electrons. The van der Waals surface area contributed by atoms with Gasteiger partial charge in [-0.15, -0.1) is 0 Å². The fourth-order valence-corrected chi connectivity index (χ4v) is 3.23. The van der Waals surface area contributed by atoms with Gasteiger partial charge in [0.25, 0.3) is 5.91 Å². The number of halogens is 1. The molecule has 26 heavy (non-hydrogen) atoms. The van der Waals surface area contributed by atoms with Crippen LogP contribution in [0.15, 0.2) is 40.9 Å². The highest BCUT2D eigenvalue weighted by atomic mass is 79.9. The molecule has 7 heteroatoms. The van der Waals surface area contributed by atoms with Crippen LogP contribution < -0.4 is 14.8 Å². The minimum absolute atomic E-state index is 0.175. The number of fused-ring (bicyclic) bond motifs is 1. The third-order valence-corrected chi connectivity index (χ3v) is 4.28. The van der Waals surface area contributed by atoms with Crippen LogP contribution in [0.1, 0.15) is 18.1 Å². The molecule has 0 aromatic heterocycles. The molecule has 0 atom stereocenters. The topological polar surface area (TPSA) is 84.9 Å². The summed E-state index contributed by atoms with van der Waals surface area (Å²) in [5.41, 5.74) is 2.88. The van der Waals surface area contributed by atoms with Crippen molar-refractivity contribution in [1.29, 1.82) is 0 Å². The van der Waals surface area contributed by atoms with Crippen LogP contribution >= 0.6 is 15.9 Å². The average molecular weight is 418 g/mol. The summed E-state index contributed by atoms with van der Waals surface area (Å²) in [6, 6.07) is 10.9. The van der Waals surface area contributed by atoms with Crippen molar-refractivity contribution in [1.82, 2.24) is 0 Å². The quantitative estimate of drug-likeness (QED) is 0.698. The van der Waals surface area contributed by atoms with Crippen LogP contribution in [-0.2, 0) is 9.59 Å². The highest BCUT2D eigenvalue weighted by Crippen LogP contribution is 2.39.